The van der Waals surface area contributed by atoms with Gasteiger partial charge in [-0.3, -0.25) is 23.0 Å². The maximum atomic E-state index is 14.0. The third-order valence-electron chi connectivity index (χ3n) is 11.4. The standard InChI is InChI=1S/C47H60N10O12P2/c1-31(2)57(32(3)4)70(63-22-12-20-48)64-27-38-37(24-41(66-38)55-21-19-40(54-47(55)60)49-25-34-13-8-6-9-14-34)69-71(61,62)65-28-39-36(68-43(59)18-17-33(5)58)23-42(67-39)56-30-53-44-45(51-29-52-46(44)56)50-26-35-15-10-7-11-16-35/h6-11,13-16,19,21,29-32,36-39,41-42H,12,17-18,22-28H2,1-5H3,(H,61,62)(H,49,54,60)(H,50,51,52)/t36-,37-,38+,39+,41+,42+,70?/m0/s1. The Balaban J connectivity index is 1.08. The number of hydrogen-bond donors (Lipinski definition) is 3. The first-order valence-corrected chi connectivity index (χ1v) is 26.0. The molecule has 5 heterocycles. The first kappa shape index (κ1) is 53.2. The summed E-state index contributed by atoms with van der Waals surface area (Å²) in [5.74, 6) is -0.0406. The Morgan fingerprint density at radius 3 is 2.18 bits per heavy atom. The molecule has 7 rings (SSSR count). The van der Waals surface area contributed by atoms with Crippen LogP contribution in [0.3, 0.4) is 0 Å². The molecule has 2 fully saturated rings. The number of phosphoric ester groups is 1. The van der Waals surface area contributed by atoms with Crippen LogP contribution in [-0.2, 0) is 59.5 Å². The smallest absolute Gasteiger partial charge is 0.459 e. The predicted octanol–water partition coefficient (Wildman–Crippen LogP) is 6.96. The fraction of sp³-hybridized carbons (Fsp3) is 0.489. The van der Waals surface area contributed by atoms with Crippen LogP contribution < -0.4 is 16.3 Å². The summed E-state index contributed by atoms with van der Waals surface area (Å²) in [6.45, 7) is 9.55. The molecule has 0 aliphatic carbocycles. The van der Waals surface area contributed by atoms with Crippen LogP contribution >= 0.6 is 16.3 Å². The maximum Gasteiger partial charge on any atom is 0.472 e. The van der Waals surface area contributed by atoms with Crippen molar-refractivity contribution in [2.45, 2.75) is 129 Å². The van der Waals surface area contributed by atoms with Gasteiger partial charge in [0.05, 0.1) is 45.1 Å². The lowest BCUT2D eigenvalue weighted by molar-refractivity contribution is -0.153. The Bertz CT molecular complexity index is 2680. The number of anilines is 2. The summed E-state index contributed by atoms with van der Waals surface area (Å²) >= 11 is 0. The number of rotatable bonds is 26. The molecule has 2 unspecified atom stereocenters. The van der Waals surface area contributed by atoms with E-state index < -0.39 is 71.5 Å². The number of nitrogens with one attached hydrogen (secondary N) is 2. The van der Waals surface area contributed by atoms with Crippen molar-refractivity contribution in [3.8, 4) is 6.07 Å². The van der Waals surface area contributed by atoms with E-state index in [9.17, 15) is 29.1 Å². The Kier molecular flexibility index (Phi) is 18.9. The molecule has 0 amide bonds. The minimum absolute atomic E-state index is 0.0213. The molecule has 5 aromatic rings. The van der Waals surface area contributed by atoms with E-state index in [-0.39, 0.29) is 63.2 Å². The number of esters is 1. The minimum Gasteiger partial charge on any atom is -0.459 e. The van der Waals surface area contributed by atoms with Gasteiger partial charge in [0.1, 0.15) is 54.8 Å². The van der Waals surface area contributed by atoms with Gasteiger partial charge in [-0.15, -0.1) is 0 Å². The van der Waals surface area contributed by atoms with E-state index in [2.05, 4.69) is 36.6 Å². The molecule has 3 aromatic heterocycles. The molecule has 0 radical (unpaired) electrons. The van der Waals surface area contributed by atoms with Gasteiger partial charge in [0, 0.05) is 50.6 Å². The Morgan fingerprint density at radius 1 is 0.887 bits per heavy atom. The normalized spacial score (nSPS) is 21.4. The van der Waals surface area contributed by atoms with Crippen LogP contribution in [0.25, 0.3) is 11.2 Å². The minimum atomic E-state index is -5.01. The SMILES string of the molecule is CC(=O)CCC(=O)O[C@H]1C[C@H](n2cnc3c(NCc4ccccc4)ncnc32)O[C@@H]1COP(=O)(O)O[C@H]1C[C@H](n2ccc(NCc3ccccc3)nc2=O)O[C@@H]1COP(OCCC#N)N(C(C)C)C(C)C. The number of Topliss-reactive ketones (excluding diaryl/α,β-unsaturated/α-hetero) is 1. The monoisotopic (exact) mass is 1020 g/mol. The van der Waals surface area contributed by atoms with Crippen molar-refractivity contribution in [3.63, 3.8) is 0 Å². The van der Waals surface area contributed by atoms with Crippen molar-refractivity contribution in [2.24, 2.45) is 0 Å². The van der Waals surface area contributed by atoms with Gasteiger partial charge in [0.2, 0.25) is 0 Å². The molecule has 0 spiro atoms. The van der Waals surface area contributed by atoms with E-state index in [0.29, 0.717) is 35.9 Å². The highest BCUT2D eigenvalue weighted by Crippen LogP contribution is 2.51. The summed E-state index contributed by atoms with van der Waals surface area (Å²) in [7, 11) is -6.77. The van der Waals surface area contributed by atoms with Gasteiger partial charge in [0.15, 0.2) is 17.0 Å². The van der Waals surface area contributed by atoms with E-state index in [1.54, 1.807) is 10.6 Å². The Morgan fingerprint density at radius 2 is 1.54 bits per heavy atom. The number of benzene rings is 2. The molecule has 22 nitrogen and oxygen atoms in total. The number of phosphoric acid groups is 1. The Labute approximate surface area is 412 Å². The Hall–Kier alpha value is -5.56. The molecule has 71 heavy (non-hydrogen) atoms. The summed E-state index contributed by atoms with van der Waals surface area (Å²) in [6.07, 6.45) is -1.83. The summed E-state index contributed by atoms with van der Waals surface area (Å²) in [6, 6.07) is 23.0. The number of ether oxygens (including phenoxy) is 3. The van der Waals surface area contributed by atoms with Crippen LogP contribution in [0, 0.1) is 11.3 Å². The zero-order valence-electron chi connectivity index (χ0n) is 40.2. The molecule has 3 N–H and O–H groups in total. The zero-order valence-corrected chi connectivity index (χ0v) is 42.0. The number of nitrogens with zero attached hydrogens (tertiary/aromatic N) is 8. The molecule has 2 saturated heterocycles. The van der Waals surface area contributed by atoms with Gasteiger partial charge >= 0.3 is 19.5 Å². The molecular weight excluding hydrogens is 959 g/mol. The van der Waals surface area contributed by atoms with Gasteiger partial charge in [-0.2, -0.15) is 10.2 Å². The molecule has 380 valence electrons. The summed E-state index contributed by atoms with van der Waals surface area (Å²) < 4.78 is 61.5. The van der Waals surface area contributed by atoms with Crippen molar-refractivity contribution in [2.75, 3.05) is 30.5 Å². The van der Waals surface area contributed by atoms with E-state index in [4.69, 9.17) is 32.3 Å². The number of aromatic nitrogens is 6. The lowest BCUT2D eigenvalue weighted by Gasteiger charge is -2.36. The number of ketones is 1. The second kappa shape index (κ2) is 25.2. The third kappa shape index (κ3) is 14.8. The van der Waals surface area contributed by atoms with Gasteiger partial charge in [0.25, 0.3) is 8.53 Å². The highest BCUT2D eigenvalue weighted by molar-refractivity contribution is 7.47. The molecule has 2 aliphatic heterocycles. The lowest BCUT2D eigenvalue weighted by Crippen LogP contribution is -2.35. The number of imidazole rings is 1. The van der Waals surface area contributed by atoms with Gasteiger partial charge in [-0.1, -0.05) is 60.7 Å². The molecule has 24 heteroatoms. The maximum absolute atomic E-state index is 14.0. The van der Waals surface area contributed by atoms with Crippen molar-refractivity contribution in [1.29, 1.82) is 5.26 Å². The summed E-state index contributed by atoms with van der Waals surface area (Å²) in [5.41, 5.74) is 2.26. The second-order valence-corrected chi connectivity index (χ2v) is 20.3. The predicted molar refractivity (Wildman–Crippen MR) is 260 cm³/mol. The average Bonchev–Trinajstić information content (AvgIpc) is 4.08. The van der Waals surface area contributed by atoms with Gasteiger partial charge in [-0.05, 0) is 51.8 Å². The van der Waals surface area contributed by atoms with E-state index in [0.717, 1.165) is 11.1 Å². The quantitative estimate of drug-likeness (QED) is 0.0287. The van der Waals surface area contributed by atoms with E-state index in [1.165, 1.54) is 30.3 Å². The van der Waals surface area contributed by atoms with Gasteiger partial charge in [-0.25, -0.2) is 29.0 Å². The van der Waals surface area contributed by atoms with Crippen LogP contribution in [0.2, 0.25) is 0 Å². The number of nitriles is 1. The molecule has 8 atom stereocenters. The molecular formula is C47H60N10O12P2. The van der Waals surface area contributed by atoms with Crippen LogP contribution in [0.15, 0.2) is 90.4 Å². The van der Waals surface area contributed by atoms with Gasteiger partial charge < -0.3 is 43.6 Å². The number of carbonyl (C=O) groups is 2. The van der Waals surface area contributed by atoms with Crippen molar-refractivity contribution < 1.29 is 51.4 Å². The summed E-state index contributed by atoms with van der Waals surface area (Å²) in [4.78, 5) is 67.2. The number of carbonyl (C=O) groups excluding carboxylic acids is 2. The lowest BCUT2D eigenvalue weighted by atomic mass is 10.2. The van der Waals surface area contributed by atoms with Crippen molar-refractivity contribution >= 4 is 50.9 Å². The van der Waals surface area contributed by atoms with Crippen LogP contribution in [0.1, 0.15) is 90.3 Å². The van der Waals surface area contributed by atoms with Crippen LogP contribution in [0.5, 0.6) is 0 Å². The number of hydrogen-bond acceptors (Lipinski definition) is 19. The molecule has 2 aliphatic rings. The molecule has 0 bridgehead atoms. The van der Waals surface area contributed by atoms with E-state index in [1.807, 2.05) is 93.0 Å². The van der Waals surface area contributed by atoms with Crippen molar-refractivity contribution in [3.05, 3.63) is 107 Å². The molecule has 2 aromatic carbocycles. The average molecular weight is 1020 g/mol. The first-order valence-electron chi connectivity index (χ1n) is 23.4. The highest BCUT2D eigenvalue weighted by Gasteiger charge is 2.45. The third-order valence-corrected chi connectivity index (χ3v) is 14.5. The topological polar surface area (TPSA) is 266 Å². The number of fused-ring (bicyclic) bond motifs is 1. The molecule has 0 saturated carbocycles. The first-order chi connectivity index (χ1) is 34.2. The van der Waals surface area contributed by atoms with Crippen molar-refractivity contribution in [1.82, 2.24) is 33.7 Å². The fourth-order valence-corrected chi connectivity index (χ4v) is 10.7. The van der Waals surface area contributed by atoms with E-state index >= 15 is 0 Å². The fourth-order valence-electron chi connectivity index (χ4n) is 8.10. The second-order valence-electron chi connectivity index (χ2n) is 17.4. The zero-order chi connectivity index (χ0) is 50.5. The summed E-state index contributed by atoms with van der Waals surface area (Å²) in [5, 5.41) is 15.7. The van der Waals surface area contributed by atoms with Crippen LogP contribution in [-0.4, -0.2) is 107 Å². The highest BCUT2D eigenvalue weighted by atomic mass is 31.2. The van der Waals surface area contributed by atoms with Crippen LogP contribution in [0.4, 0.5) is 11.6 Å². The largest absolute Gasteiger partial charge is 0.472 e.